The molecule has 0 radical (unpaired) electrons. The predicted molar refractivity (Wildman–Crippen MR) is 110 cm³/mol. The SMILES string of the molecule is CN=C(NCc1ccc2c(c1)OCO2)NCC(c1cccs1)N1CCOCC1. The molecule has 0 bridgehead atoms. The third-order valence-corrected chi connectivity index (χ3v) is 5.92. The zero-order valence-electron chi connectivity index (χ0n) is 16.0. The monoisotopic (exact) mass is 402 g/mol. The summed E-state index contributed by atoms with van der Waals surface area (Å²) in [5, 5.41) is 9.00. The number of hydrogen-bond donors (Lipinski definition) is 2. The lowest BCUT2D eigenvalue weighted by molar-refractivity contribution is 0.0177. The maximum atomic E-state index is 5.52. The Balaban J connectivity index is 1.34. The summed E-state index contributed by atoms with van der Waals surface area (Å²) in [6.07, 6.45) is 0. The number of morpholine rings is 1. The molecule has 0 amide bonds. The smallest absolute Gasteiger partial charge is 0.231 e. The number of fused-ring (bicyclic) bond motifs is 1. The second-order valence-electron chi connectivity index (χ2n) is 6.67. The number of hydrogen-bond acceptors (Lipinski definition) is 6. The van der Waals surface area contributed by atoms with Crippen molar-refractivity contribution < 1.29 is 14.2 Å². The average Bonchev–Trinajstić information content (AvgIpc) is 3.43. The molecule has 2 aliphatic heterocycles. The highest BCUT2D eigenvalue weighted by Gasteiger charge is 2.23. The summed E-state index contributed by atoms with van der Waals surface area (Å²) < 4.78 is 16.3. The molecule has 1 aromatic heterocycles. The van der Waals surface area contributed by atoms with Crippen molar-refractivity contribution in [2.75, 3.05) is 46.7 Å². The van der Waals surface area contributed by atoms with Gasteiger partial charge >= 0.3 is 0 Å². The Hall–Kier alpha value is -2.29. The molecule has 1 atom stereocenters. The van der Waals surface area contributed by atoms with Gasteiger partial charge in [0.2, 0.25) is 6.79 Å². The highest BCUT2D eigenvalue weighted by molar-refractivity contribution is 7.10. The zero-order valence-corrected chi connectivity index (χ0v) is 16.8. The lowest BCUT2D eigenvalue weighted by Gasteiger charge is -2.34. The van der Waals surface area contributed by atoms with Gasteiger partial charge in [-0.15, -0.1) is 11.3 Å². The number of nitrogens with one attached hydrogen (secondary N) is 2. The highest BCUT2D eigenvalue weighted by atomic mass is 32.1. The number of thiophene rings is 1. The van der Waals surface area contributed by atoms with Gasteiger partial charge in [0.1, 0.15) is 0 Å². The average molecular weight is 403 g/mol. The molecule has 2 N–H and O–H groups in total. The van der Waals surface area contributed by atoms with Crippen LogP contribution in [0.1, 0.15) is 16.5 Å². The van der Waals surface area contributed by atoms with Gasteiger partial charge in [-0.25, -0.2) is 0 Å². The van der Waals surface area contributed by atoms with Gasteiger partial charge in [0.25, 0.3) is 0 Å². The Kier molecular flexibility index (Phi) is 6.31. The quantitative estimate of drug-likeness (QED) is 0.571. The van der Waals surface area contributed by atoms with Crippen molar-refractivity contribution in [1.29, 1.82) is 0 Å². The largest absolute Gasteiger partial charge is 0.454 e. The van der Waals surface area contributed by atoms with Crippen molar-refractivity contribution >= 4 is 17.3 Å². The number of aliphatic imine (C=N–C) groups is 1. The summed E-state index contributed by atoms with van der Waals surface area (Å²) in [5.41, 5.74) is 1.12. The molecule has 0 saturated carbocycles. The van der Waals surface area contributed by atoms with Crippen LogP contribution in [0.15, 0.2) is 40.7 Å². The molecule has 7 nitrogen and oxygen atoms in total. The molecule has 8 heteroatoms. The van der Waals surface area contributed by atoms with Crippen LogP contribution < -0.4 is 20.1 Å². The minimum absolute atomic E-state index is 0.293. The van der Waals surface area contributed by atoms with Crippen LogP contribution in [0.25, 0.3) is 0 Å². The van der Waals surface area contributed by atoms with E-state index in [9.17, 15) is 0 Å². The Morgan fingerprint density at radius 2 is 2.04 bits per heavy atom. The Morgan fingerprint density at radius 1 is 1.18 bits per heavy atom. The molecule has 28 heavy (non-hydrogen) atoms. The number of rotatable bonds is 6. The van der Waals surface area contributed by atoms with Crippen molar-refractivity contribution in [3.63, 3.8) is 0 Å². The van der Waals surface area contributed by atoms with E-state index < -0.39 is 0 Å². The topological polar surface area (TPSA) is 67.4 Å². The Bertz CT molecular complexity index is 791. The lowest BCUT2D eigenvalue weighted by Crippen LogP contribution is -2.46. The molecule has 3 heterocycles. The second-order valence-corrected chi connectivity index (χ2v) is 7.65. The zero-order chi connectivity index (χ0) is 19.2. The van der Waals surface area contributed by atoms with Crippen LogP contribution in [0.3, 0.4) is 0 Å². The molecule has 1 fully saturated rings. The normalized spacial score (nSPS) is 18.1. The summed E-state index contributed by atoms with van der Waals surface area (Å²) in [6.45, 7) is 5.23. The van der Waals surface area contributed by atoms with E-state index in [1.54, 1.807) is 18.4 Å². The van der Waals surface area contributed by atoms with E-state index in [1.165, 1.54) is 4.88 Å². The van der Waals surface area contributed by atoms with Crippen LogP contribution in [0, 0.1) is 0 Å². The first-order chi connectivity index (χ1) is 13.8. The lowest BCUT2D eigenvalue weighted by atomic mass is 10.2. The maximum absolute atomic E-state index is 5.52. The van der Waals surface area contributed by atoms with Crippen LogP contribution in [0.5, 0.6) is 11.5 Å². The van der Waals surface area contributed by atoms with E-state index in [4.69, 9.17) is 14.2 Å². The molecule has 1 saturated heterocycles. The van der Waals surface area contributed by atoms with Gasteiger partial charge in [-0.2, -0.15) is 0 Å². The fraction of sp³-hybridized carbons (Fsp3) is 0.450. The van der Waals surface area contributed by atoms with Crippen LogP contribution in [-0.2, 0) is 11.3 Å². The molecule has 1 unspecified atom stereocenters. The minimum atomic E-state index is 0.293. The van der Waals surface area contributed by atoms with Gasteiger partial charge in [-0.3, -0.25) is 9.89 Å². The molecule has 4 rings (SSSR count). The molecule has 2 aliphatic rings. The highest BCUT2D eigenvalue weighted by Crippen LogP contribution is 2.32. The molecule has 2 aromatic rings. The Morgan fingerprint density at radius 3 is 2.82 bits per heavy atom. The van der Waals surface area contributed by atoms with Gasteiger partial charge in [0, 0.05) is 38.1 Å². The van der Waals surface area contributed by atoms with E-state index in [-0.39, 0.29) is 0 Å². The van der Waals surface area contributed by atoms with Crippen molar-refractivity contribution in [1.82, 2.24) is 15.5 Å². The number of ether oxygens (including phenoxy) is 3. The van der Waals surface area contributed by atoms with Gasteiger partial charge in [-0.05, 0) is 29.1 Å². The summed E-state index contributed by atoms with van der Waals surface area (Å²) in [6, 6.07) is 10.6. The van der Waals surface area contributed by atoms with Crippen LogP contribution in [0.2, 0.25) is 0 Å². The minimum Gasteiger partial charge on any atom is -0.454 e. The molecule has 150 valence electrons. The summed E-state index contributed by atoms with van der Waals surface area (Å²) in [4.78, 5) is 8.21. The summed E-state index contributed by atoms with van der Waals surface area (Å²) >= 11 is 1.80. The number of benzene rings is 1. The standard InChI is InChI=1S/C20H26N4O3S/c1-21-20(22-12-15-4-5-17-18(11-15)27-14-26-17)23-13-16(19-3-2-10-28-19)24-6-8-25-9-7-24/h2-5,10-11,16H,6-9,12-14H2,1H3,(H2,21,22,23). The molecule has 1 aromatic carbocycles. The van der Waals surface area contributed by atoms with Crippen molar-refractivity contribution in [3.05, 3.63) is 46.2 Å². The first-order valence-corrected chi connectivity index (χ1v) is 10.4. The molecular formula is C20H26N4O3S. The molecule has 0 spiro atoms. The van der Waals surface area contributed by atoms with Gasteiger partial charge in [0.15, 0.2) is 17.5 Å². The third kappa shape index (κ3) is 4.57. The van der Waals surface area contributed by atoms with Crippen molar-refractivity contribution in [2.24, 2.45) is 4.99 Å². The first kappa shape index (κ1) is 19.0. The summed E-state index contributed by atoms with van der Waals surface area (Å²) in [7, 11) is 1.80. The van der Waals surface area contributed by atoms with Crippen molar-refractivity contribution in [2.45, 2.75) is 12.6 Å². The van der Waals surface area contributed by atoms with Crippen LogP contribution >= 0.6 is 11.3 Å². The second kappa shape index (κ2) is 9.27. The van der Waals surface area contributed by atoms with Crippen molar-refractivity contribution in [3.8, 4) is 11.5 Å². The Labute approximate surface area is 169 Å². The van der Waals surface area contributed by atoms with Gasteiger partial charge in [0.05, 0.1) is 19.3 Å². The maximum Gasteiger partial charge on any atom is 0.231 e. The van der Waals surface area contributed by atoms with E-state index in [0.29, 0.717) is 19.4 Å². The predicted octanol–water partition coefficient (Wildman–Crippen LogP) is 2.22. The van der Waals surface area contributed by atoms with E-state index in [0.717, 1.165) is 55.9 Å². The van der Waals surface area contributed by atoms with Crippen LogP contribution in [0.4, 0.5) is 0 Å². The van der Waals surface area contributed by atoms with Gasteiger partial charge < -0.3 is 24.8 Å². The summed E-state index contributed by atoms with van der Waals surface area (Å²) in [5.74, 6) is 2.38. The van der Waals surface area contributed by atoms with E-state index >= 15 is 0 Å². The van der Waals surface area contributed by atoms with Gasteiger partial charge in [-0.1, -0.05) is 12.1 Å². The third-order valence-electron chi connectivity index (χ3n) is 4.94. The van der Waals surface area contributed by atoms with E-state index in [2.05, 4.69) is 38.0 Å². The van der Waals surface area contributed by atoms with Crippen LogP contribution in [-0.4, -0.2) is 57.5 Å². The molecular weight excluding hydrogens is 376 g/mol. The molecule has 0 aliphatic carbocycles. The number of guanidine groups is 1. The fourth-order valence-corrected chi connectivity index (χ4v) is 4.29. The first-order valence-electron chi connectivity index (χ1n) is 9.52. The fourth-order valence-electron chi connectivity index (χ4n) is 3.43. The number of nitrogens with zero attached hydrogens (tertiary/aromatic N) is 2. The van der Waals surface area contributed by atoms with E-state index in [1.807, 2.05) is 18.2 Å².